The quantitative estimate of drug-likeness (QED) is 0.636. The van der Waals surface area contributed by atoms with Gasteiger partial charge in [0, 0.05) is 37.2 Å². The van der Waals surface area contributed by atoms with Crippen LogP contribution in [-0.2, 0) is 9.59 Å². The van der Waals surface area contributed by atoms with Gasteiger partial charge in [-0.25, -0.2) is 4.98 Å². The minimum atomic E-state index is -0.135. The maximum Gasteiger partial charge on any atom is 0.223 e. The van der Waals surface area contributed by atoms with E-state index in [1.807, 2.05) is 32.0 Å². The molecule has 2 rings (SSSR count). The Morgan fingerprint density at radius 3 is 2.71 bits per heavy atom. The highest BCUT2D eigenvalue weighted by molar-refractivity contribution is 5.81. The Morgan fingerprint density at radius 2 is 2.00 bits per heavy atom. The summed E-state index contributed by atoms with van der Waals surface area (Å²) >= 11 is 0. The van der Waals surface area contributed by atoms with Crippen LogP contribution in [0.4, 0.5) is 5.82 Å². The van der Waals surface area contributed by atoms with Gasteiger partial charge in [0.15, 0.2) is 0 Å². The van der Waals surface area contributed by atoms with Gasteiger partial charge in [-0.2, -0.15) is 0 Å². The Labute approximate surface area is 143 Å². The number of rotatable bonds is 8. The van der Waals surface area contributed by atoms with Crippen molar-refractivity contribution >= 4 is 17.6 Å². The molecule has 1 atom stereocenters. The van der Waals surface area contributed by atoms with Crippen molar-refractivity contribution in [2.75, 3.05) is 18.4 Å². The van der Waals surface area contributed by atoms with Gasteiger partial charge in [0.25, 0.3) is 0 Å². The molecule has 0 unspecified atom stereocenters. The number of amides is 2. The van der Waals surface area contributed by atoms with Crippen LogP contribution in [0.1, 0.15) is 44.7 Å². The van der Waals surface area contributed by atoms with E-state index in [1.165, 1.54) is 0 Å². The summed E-state index contributed by atoms with van der Waals surface area (Å²) < 4.78 is 0. The fraction of sp³-hybridized carbons (Fsp3) is 0.611. The van der Waals surface area contributed by atoms with Gasteiger partial charge in [-0.3, -0.25) is 9.59 Å². The molecular weight excluding hydrogens is 304 g/mol. The molecule has 1 aliphatic rings. The number of nitrogens with one attached hydrogen (secondary N) is 3. The Bertz CT molecular complexity index is 556. The first-order chi connectivity index (χ1) is 11.5. The van der Waals surface area contributed by atoms with Crippen LogP contribution in [0.15, 0.2) is 18.2 Å². The van der Waals surface area contributed by atoms with E-state index in [0.717, 1.165) is 37.2 Å². The van der Waals surface area contributed by atoms with E-state index in [9.17, 15) is 9.59 Å². The third kappa shape index (κ3) is 6.18. The second-order valence-corrected chi connectivity index (χ2v) is 6.54. The average Bonchev–Trinajstić information content (AvgIpc) is 3.06. The molecule has 0 bridgehead atoms. The lowest BCUT2D eigenvalue weighted by molar-refractivity contribution is -0.126. The fourth-order valence-electron chi connectivity index (χ4n) is 2.98. The molecule has 3 N–H and O–H groups in total. The van der Waals surface area contributed by atoms with Crippen LogP contribution < -0.4 is 16.0 Å². The molecule has 1 aromatic heterocycles. The molecule has 1 aliphatic carbocycles. The zero-order valence-corrected chi connectivity index (χ0v) is 14.6. The first kappa shape index (κ1) is 18.2. The molecular formula is C18H28N4O2. The largest absolute Gasteiger partial charge is 0.368 e. The van der Waals surface area contributed by atoms with Crippen molar-refractivity contribution in [2.45, 2.75) is 52.0 Å². The molecule has 0 aliphatic heterocycles. The Hall–Kier alpha value is -2.11. The number of aryl methyl sites for hydroxylation is 1. The normalized spacial score (nSPS) is 15.8. The molecule has 0 aromatic carbocycles. The number of hydrogen-bond donors (Lipinski definition) is 3. The summed E-state index contributed by atoms with van der Waals surface area (Å²) in [6.07, 6.45) is 4.53. The maximum absolute atomic E-state index is 12.0. The molecule has 2 amide bonds. The maximum atomic E-state index is 12.0. The van der Waals surface area contributed by atoms with Crippen molar-refractivity contribution in [1.29, 1.82) is 0 Å². The molecule has 24 heavy (non-hydrogen) atoms. The molecule has 1 fully saturated rings. The molecule has 0 radical (unpaired) electrons. The zero-order chi connectivity index (χ0) is 17.4. The molecule has 132 valence electrons. The summed E-state index contributed by atoms with van der Waals surface area (Å²) in [5.41, 5.74) is 0.955. The molecule has 0 saturated heterocycles. The second-order valence-electron chi connectivity index (χ2n) is 6.54. The van der Waals surface area contributed by atoms with Gasteiger partial charge in [0.1, 0.15) is 5.82 Å². The van der Waals surface area contributed by atoms with Crippen LogP contribution in [0.2, 0.25) is 0 Å². The predicted molar refractivity (Wildman–Crippen MR) is 94.7 cm³/mol. The van der Waals surface area contributed by atoms with Crippen molar-refractivity contribution in [3.8, 4) is 0 Å². The summed E-state index contributed by atoms with van der Waals surface area (Å²) in [6, 6.07) is 5.64. The van der Waals surface area contributed by atoms with Crippen molar-refractivity contribution in [3.63, 3.8) is 0 Å². The van der Waals surface area contributed by atoms with E-state index >= 15 is 0 Å². The first-order valence-corrected chi connectivity index (χ1v) is 8.79. The van der Waals surface area contributed by atoms with Gasteiger partial charge in [-0.05, 0) is 38.8 Å². The zero-order valence-electron chi connectivity index (χ0n) is 14.6. The van der Waals surface area contributed by atoms with Crippen LogP contribution in [-0.4, -0.2) is 35.9 Å². The van der Waals surface area contributed by atoms with Crippen LogP contribution in [0, 0.1) is 12.8 Å². The lowest BCUT2D eigenvalue weighted by Gasteiger charge is -2.17. The van der Waals surface area contributed by atoms with E-state index in [0.29, 0.717) is 19.5 Å². The predicted octanol–water partition coefficient (Wildman–Crippen LogP) is 2.00. The Kier molecular flexibility index (Phi) is 7.03. The van der Waals surface area contributed by atoms with Gasteiger partial charge in [0.05, 0.1) is 0 Å². The lowest BCUT2D eigenvalue weighted by Crippen LogP contribution is -2.40. The van der Waals surface area contributed by atoms with Gasteiger partial charge < -0.3 is 16.0 Å². The van der Waals surface area contributed by atoms with Crippen LogP contribution >= 0.6 is 0 Å². The van der Waals surface area contributed by atoms with Gasteiger partial charge >= 0.3 is 0 Å². The highest BCUT2D eigenvalue weighted by Gasteiger charge is 2.24. The Balaban J connectivity index is 1.59. The van der Waals surface area contributed by atoms with Gasteiger partial charge in [-0.15, -0.1) is 0 Å². The van der Waals surface area contributed by atoms with Crippen LogP contribution in [0.3, 0.4) is 0 Å². The van der Waals surface area contributed by atoms with Crippen LogP contribution in [0.5, 0.6) is 0 Å². The van der Waals surface area contributed by atoms with Crippen molar-refractivity contribution in [2.24, 2.45) is 5.92 Å². The third-order valence-corrected chi connectivity index (χ3v) is 4.25. The van der Waals surface area contributed by atoms with Crippen molar-refractivity contribution in [3.05, 3.63) is 23.9 Å². The third-order valence-electron chi connectivity index (χ3n) is 4.25. The van der Waals surface area contributed by atoms with E-state index in [1.54, 1.807) is 0 Å². The molecule has 1 aromatic rings. The van der Waals surface area contributed by atoms with Gasteiger partial charge in [0.2, 0.25) is 11.8 Å². The topological polar surface area (TPSA) is 83.1 Å². The number of anilines is 1. The number of pyridine rings is 1. The lowest BCUT2D eigenvalue weighted by atomic mass is 10.1. The van der Waals surface area contributed by atoms with Crippen LogP contribution in [0.25, 0.3) is 0 Å². The summed E-state index contributed by atoms with van der Waals surface area (Å²) in [6.45, 7) is 4.96. The molecule has 6 heteroatoms. The first-order valence-electron chi connectivity index (χ1n) is 8.79. The monoisotopic (exact) mass is 332 g/mol. The minimum Gasteiger partial charge on any atom is -0.368 e. The number of hydrogen-bond acceptors (Lipinski definition) is 4. The smallest absolute Gasteiger partial charge is 0.223 e. The Morgan fingerprint density at radius 1 is 1.25 bits per heavy atom. The summed E-state index contributed by atoms with van der Waals surface area (Å²) in [5.74, 6) is 0.996. The molecule has 6 nitrogen and oxygen atoms in total. The number of aromatic nitrogens is 1. The molecule has 1 saturated carbocycles. The highest BCUT2D eigenvalue weighted by Crippen LogP contribution is 2.24. The second kappa shape index (κ2) is 9.25. The van der Waals surface area contributed by atoms with Crippen molar-refractivity contribution in [1.82, 2.24) is 15.6 Å². The molecule has 0 spiro atoms. The number of carbonyl (C=O) groups is 2. The minimum absolute atomic E-state index is 0.0479. The fourth-order valence-corrected chi connectivity index (χ4v) is 2.98. The average molecular weight is 332 g/mol. The number of carbonyl (C=O) groups excluding carboxylic acids is 2. The summed E-state index contributed by atoms with van der Waals surface area (Å²) in [5, 5.41) is 8.98. The summed E-state index contributed by atoms with van der Waals surface area (Å²) in [4.78, 5) is 28.3. The number of nitrogens with zero attached hydrogens (tertiary/aromatic N) is 1. The van der Waals surface area contributed by atoms with E-state index in [2.05, 4.69) is 20.9 Å². The summed E-state index contributed by atoms with van der Waals surface area (Å²) in [7, 11) is 0. The van der Waals surface area contributed by atoms with E-state index in [4.69, 9.17) is 0 Å². The standard InChI is InChI=1S/C18H28N4O2/c1-13-6-5-9-16(21-13)19-10-11-20-17(23)12-14(2)22-18(24)15-7-3-4-8-15/h5-6,9,14-15H,3-4,7-8,10-12H2,1-2H3,(H,19,21)(H,20,23)(H,22,24)/t14-/m1/s1. The van der Waals surface area contributed by atoms with E-state index < -0.39 is 0 Å². The van der Waals surface area contributed by atoms with Crippen molar-refractivity contribution < 1.29 is 9.59 Å². The van der Waals surface area contributed by atoms with Gasteiger partial charge in [-0.1, -0.05) is 18.9 Å². The molecule has 1 heterocycles. The SMILES string of the molecule is Cc1cccc(NCCNC(=O)C[C@@H](C)NC(=O)C2CCCC2)n1. The van der Waals surface area contributed by atoms with E-state index in [-0.39, 0.29) is 23.8 Å². The highest BCUT2D eigenvalue weighted by atomic mass is 16.2.